The van der Waals surface area contributed by atoms with E-state index in [0.717, 1.165) is 36.5 Å². The van der Waals surface area contributed by atoms with E-state index in [2.05, 4.69) is 0 Å². The molecule has 1 aromatic heterocycles. The van der Waals surface area contributed by atoms with Crippen LogP contribution in [0.4, 0.5) is 0 Å². The van der Waals surface area contributed by atoms with Gasteiger partial charge in [0.2, 0.25) is 0 Å². The van der Waals surface area contributed by atoms with Crippen molar-refractivity contribution in [2.75, 3.05) is 26.8 Å². The Kier molecular flexibility index (Phi) is 5.29. The van der Waals surface area contributed by atoms with Crippen LogP contribution in [0, 0.1) is 5.92 Å². The molecule has 1 amide bonds. The van der Waals surface area contributed by atoms with Gasteiger partial charge in [-0.3, -0.25) is 4.79 Å². The molecular formula is C25H27NO6. The monoisotopic (exact) mass is 437 g/mol. The average molecular weight is 437 g/mol. The van der Waals surface area contributed by atoms with Gasteiger partial charge >= 0.3 is 5.63 Å². The molecule has 7 nitrogen and oxygen atoms in total. The van der Waals surface area contributed by atoms with Crippen molar-refractivity contribution in [3.05, 3.63) is 46.8 Å². The quantitative estimate of drug-likeness (QED) is 0.497. The summed E-state index contributed by atoms with van der Waals surface area (Å²) in [6, 6.07) is 10.5. The van der Waals surface area contributed by atoms with Gasteiger partial charge in [-0.2, -0.15) is 0 Å². The van der Waals surface area contributed by atoms with Crippen LogP contribution in [0.25, 0.3) is 21.7 Å². The third-order valence-electron chi connectivity index (χ3n) is 7.04. The number of piperidine rings is 1. The first kappa shape index (κ1) is 20.8. The van der Waals surface area contributed by atoms with Gasteiger partial charge in [0, 0.05) is 35.8 Å². The Morgan fingerprint density at radius 1 is 1.12 bits per heavy atom. The second-order valence-corrected chi connectivity index (χ2v) is 8.88. The largest absolute Gasteiger partial charge is 0.497 e. The number of likely N-dealkylation sites (tertiary alicyclic amines) is 1. The van der Waals surface area contributed by atoms with Crippen molar-refractivity contribution in [3.8, 4) is 11.5 Å². The van der Waals surface area contributed by atoms with E-state index in [-0.39, 0.29) is 18.4 Å². The molecule has 2 fully saturated rings. The number of hydrogen-bond acceptors (Lipinski definition) is 6. The minimum Gasteiger partial charge on any atom is -0.497 e. The number of methoxy groups -OCH3 is 1. The number of carbonyl (C=O) groups is 1. The van der Waals surface area contributed by atoms with Gasteiger partial charge in [-0.1, -0.05) is 12.8 Å². The summed E-state index contributed by atoms with van der Waals surface area (Å²) in [5.74, 6) is 1.11. The van der Waals surface area contributed by atoms with Crippen LogP contribution in [0.2, 0.25) is 0 Å². The molecule has 168 valence electrons. The highest BCUT2D eigenvalue weighted by Gasteiger charge is 2.43. The zero-order chi connectivity index (χ0) is 22.3. The van der Waals surface area contributed by atoms with Gasteiger partial charge in [0.1, 0.15) is 17.1 Å². The van der Waals surface area contributed by atoms with Crippen LogP contribution in [0.5, 0.6) is 11.5 Å². The zero-order valence-electron chi connectivity index (χ0n) is 18.1. The Morgan fingerprint density at radius 2 is 1.94 bits per heavy atom. The van der Waals surface area contributed by atoms with Crippen LogP contribution < -0.4 is 15.1 Å². The minimum absolute atomic E-state index is 0.0916. The second kappa shape index (κ2) is 8.13. The Balaban J connectivity index is 1.31. The van der Waals surface area contributed by atoms with Crippen LogP contribution in [0.15, 0.2) is 45.6 Å². The first-order valence-electron chi connectivity index (χ1n) is 11.1. The molecule has 1 aliphatic carbocycles. The highest BCUT2D eigenvalue weighted by molar-refractivity contribution is 6.04. The van der Waals surface area contributed by atoms with E-state index in [1.807, 2.05) is 12.1 Å². The molecule has 2 heterocycles. The molecule has 0 radical (unpaired) electrons. The molecule has 2 atom stereocenters. The maximum atomic E-state index is 12.7. The maximum Gasteiger partial charge on any atom is 0.344 e. The summed E-state index contributed by atoms with van der Waals surface area (Å²) in [5.41, 5.74) is -0.658. The van der Waals surface area contributed by atoms with Gasteiger partial charge in [0.05, 0.1) is 18.1 Å². The van der Waals surface area contributed by atoms with E-state index in [1.165, 1.54) is 0 Å². The van der Waals surface area contributed by atoms with Gasteiger partial charge in [-0.15, -0.1) is 0 Å². The van der Waals surface area contributed by atoms with Crippen molar-refractivity contribution in [3.63, 3.8) is 0 Å². The summed E-state index contributed by atoms with van der Waals surface area (Å²) in [4.78, 5) is 27.0. The molecule has 3 aromatic rings. The molecule has 0 unspecified atom stereocenters. The SMILES string of the molecule is COc1ccc2c(c1)c(=O)oc1cc(OCC(=O)N3CC[C@@]4(O)CCCC[C@H]4C3)ccc12. The van der Waals surface area contributed by atoms with Crippen molar-refractivity contribution >= 4 is 27.6 Å². The van der Waals surface area contributed by atoms with Crippen LogP contribution in [-0.2, 0) is 4.79 Å². The van der Waals surface area contributed by atoms with E-state index in [1.54, 1.807) is 36.3 Å². The first-order valence-corrected chi connectivity index (χ1v) is 11.1. The predicted octanol–water partition coefficient (Wildman–Crippen LogP) is 3.49. The standard InChI is InChI=1S/C25H27NO6/c1-30-17-5-7-19-20-8-6-18(13-22(20)32-24(28)21(19)12-17)31-15-23(27)26-11-10-25(29)9-3-2-4-16(25)14-26/h5-8,12-13,16,29H,2-4,9-11,14-15H2,1H3/t16-,25-/m0/s1. The molecule has 1 aliphatic heterocycles. The lowest BCUT2D eigenvalue weighted by molar-refractivity contribution is -0.145. The lowest BCUT2D eigenvalue weighted by atomic mass is 9.71. The molecule has 2 aromatic carbocycles. The summed E-state index contributed by atoms with van der Waals surface area (Å²) < 4.78 is 16.4. The predicted molar refractivity (Wildman–Crippen MR) is 120 cm³/mol. The summed E-state index contributed by atoms with van der Waals surface area (Å²) >= 11 is 0. The Labute approximate surface area is 185 Å². The third-order valence-corrected chi connectivity index (χ3v) is 7.04. The number of rotatable bonds is 4. The van der Waals surface area contributed by atoms with Crippen molar-refractivity contribution in [1.82, 2.24) is 4.90 Å². The van der Waals surface area contributed by atoms with Gasteiger partial charge < -0.3 is 23.9 Å². The lowest BCUT2D eigenvalue weighted by Gasteiger charge is -2.47. The van der Waals surface area contributed by atoms with Crippen LogP contribution in [-0.4, -0.2) is 48.3 Å². The zero-order valence-corrected chi connectivity index (χ0v) is 18.1. The van der Waals surface area contributed by atoms with Gasteiger partial charge in [0.25, 0.3) is 5.91 Å². The van der Waals surface area contributed by atoms with Crippen molar-refractivity contribution in [2.24, 2.45) is 5.92 Å². The third kappa shape index (κ3) is 3.71. The lowest BCUT2D eigenvalue weighted by Crippen LogP contribution is -2.55. The Hall–Kier alpha value is -3.06. The number of carbonyl (C=O) groups excluding carboxylic acids is 1. The summed E-state index contributed by atoms with van der Waals surface area (Å²) in [6.45, 7) is 1.05. The molecule has 0 spiro atoms. The number of benzene rings is 2. The van der Waals surface area contributed by atoms with Crippen molar-refractivity contribution in [1.29, 1.82) is 0 Å². The Morgan fingerprint density at radius 3 is 2.78 bits per heavy atom. The first-order chi connectivity index (χ1) is 15.5. The fraction of sp³-hybridized carbons (Fsp3) is 0.440. The normalized spacial score (nSPS) is 23.2. The maximum absolute atomic E-state index is 12.7. The summed E-state index contributed by atoms with van der Waals surface area (Å²) in [5, 5.41) is 12.8. The smallest absolute Gasteiger partial charge is 0.344 e. The van der Waals surface area contributed by atoms with Crippen LogP contribution in [0.1, 0.15) is 32.1 Å². The van der Waals surface area contributed by atoms with Crippen molar-refractivity contribution < 1.29 is 23.8 Å². The number of ether oxygens (including phenoxy) is 2. The van der Waals surface area contributed by atoms with E-state index in [4.69, 9.17) is 13.9 Å². The average Bonchev–Trinajstić information content (AvgIpc) is 2.81. The van der Waals surface area contributed by atoms with E-state index < -0.39 is 11.2 Å². The topological polar surface area (TPSA) is 89.2 Å². The second-order valence-electron chi connectivity index (χ2n) is 8.88. The van der Waals surface area contributed by atoms with Gasteiger partial charge in [0.15, 0.2) is 6.61 Å². The molecular weight excluding hydrogens is 410 g/mol. The summed E-state index contributed by atoms with van der Waals surface area (Å²) in [6.07, 6.45) is 4.59. The fourth-order valence-corrected chi connectivity index (χ4v) is 5.14. The highest BCUT2D eigenvalue weighted by Crippen LogP contribution is 2.39. The molecule has 1 N–H and O–H groups in total. The number of aliphatic hydroxyl groups is 1. The highest BCUT2D eigenvalue weighted by atomic mass is 16.5. The molecule has 1 saturated carbocycles. The summed E-state index contributed by atoms with van der Waals surface area (Å²) in [7, 11) is 1.55. The molecule has 1 saturated heterocycles. The Bertz CT molecular complexity index is 1230. The van der Waals surface area contributed by atoms with Gasteiger partial charge in [-0.05, 0) is 49.6 Å². The fourth-order valence-electron chi connectivity index (χ4n) is 5.14. The van der Waals surface area contributed by atoms with E-state index >= 15 is 0 Å². The van der Waals surface area contributed by atoms with E-state index in [9.17, 15) is 14.7 Å². The molecule has 0 bridgehead atoms. The van der Waals surface area contributed by atoms with Gasteiger partial charge in [-0.25, -0.2) is 4.79 Å². The minimum atomic E-state index is -0.613. The van der Waals surface area contributed by atoms with E-state index in [0.29, 0.717) is 42.0 Å². The molecule has 5 rings (SSSR count). The molecule has 32 heavy (non-hydrogen) atoms. The number of fused-ring (bicyclic) bond motifs is 4. The van der Waals surface area contributed by atoms with Crippen LogP contribution >= 0.6 is 0 Å². The van der Waals surface area contributed by atoms with Crippen LogP contribution in [0.3, 0.4) is 0 Å². The number of hydrogen-bond donors (Lipinski definition) is 1. The molecule has 7 heteroatoms. The molecule has 2 aliphatic rings. The number of nitrogens with zero attached hydrogens (tertiary/aromatic N) is 1. The number of amides is 1. The van der Waals surface area contributed by atoms with Crippen molar-refractivity contribution in [2.45, 2.75) is 37.7 Å².